The number of benzene rings is 2. The molecule has 2 aromatic rings. The molecular formula is C40H65B2O4Si. The third-order valence-corrected chi connectivity index (χ3v) is 17.7. The third kappa shape index (κ3) is 8.01. The van der Waals surface area contributed by atoms with Crippen molar-refractivity contribution in [2.24, 2.45) is 11.8 Å². The number of aliphatic hydroxyl groups is 1. The molecule has 1 radical (unpaired) electrons. The van der Waals surface area contributed by atoms with E-state index in [1.165, 1.54) is 74.6 Å². The Morgan fingerprint density at radius 1 is 0.787 bits per heavy atom. The Balaban J connectivity index is 1.89. The number of rotatable bonds is 17. The second-order valence-corrected chi connectivity index (χ2v) is 20.9. The number of hydrogen-bond acceptors (Lipinski definition) is 4. The maximum atomic E-state index is 10.8. The zero-order valence-electron chi connectivity index (χ0n) is 32.0. The topological polar surface area (TPSA) is 47.9 Å². The maximum absolute atomic E-state index is 10.8. The highest BCUT2D eigenvalue weighted by molar-refractivity contribution is 7.06. The van der Waals surface area contributed by atoms with Crippen LogP contribution in [0.2, 0.25) is 12.1 Å². The van der Waals surface area contributed by atoms with Crippen LogP contribution < -0.4 is 21.3 Å². The molecule has 2 aromatic carbocycles. The van der Waals surface area contributed by atoms with E-state index in [9.17, 15) is 5.11 Å². The van der Waals surface area contributed by atoms with Crippen LogP contribution in [0.4, 0.5) is 0 Å². The second-order valence-electron chi connectivity index (χ2n) is 16.8. The molecule has 0 amide bonds. The van der Waals surface area contributed by atoms with Crippen molar-refractivity contribution in [3.05, 3.63) is 36.4 Å². The van der Waals surface area contributed by atoms with Gasteiger partial charge in [-0.3, -0.25) is 0 Å². The van der Waals surface area contributed by atoms with Crippen molar-refractivity contribution in [2.45, 2.75) is 169 Å². The van der Waals surface area contributed by atoms with Crippen molar-refractivity contribution in [1.82, 2.24) is 0 Å². The van der Waals surface area contributed by atoms with Crippen LogP contribution in [0.25, 0.3) is 11.1 Å². The quantitative estimate of drug-likeness (QED) is 0.176. The normalized spacial score (nSPS) is 21.4. The molecule has 2 heterocycles. The molecule has 0 aromatic heterocycles. The first-order chi connectivity index (χ1) is 21.9. The van der Waals surface area contributed by atoms with Gasteiger partial charge in [0.2, 0.25) is 0 Å². The standard InChI is InChI=1S/C40H65B2O4Si/c1-13-17-19-29(15-3)27-47(28-30(16-4)20-18-14-2)35-25-31(41-44-38(7,8)37(5,6)43)21-23-33(35)34-24-22-32(26-36(34)47)42-45-39(9,10)40(11,12)46-42/h21-26,29-30,43H,13-20,27-28H2,1-12H3. The zero-order valence-corrected chi connectivity index (χ0v) is 33.0. The van der Waals surface area contributed by atoms with Gasteiger partial charge in [0.1, 0.15) is 8.07 Å². The van der Waals surface area contributed by atoms with E-state index in [1.807, 2.05) is 35.2 Å². The van der Waals surface area contributed by atoms with E-state index in [1.54, 1.807) is 10.4 Å². The van der Waals surface area contributed by atoms with Gasteiger partial charge in [0.05, 0.1) is 22.4 Å². The molecule has 0 aliphatic carbocycles. The van der Waals surface area contributed by atoms with Crippen LogP contribution in [0.3, 0.4) is 0 Å². The summed E-state index contributed by atoms with van der Waals surface area (Å²) in [5.74, 6) is 1.39. The highest BCUT2D eigenvalue weighted by Crippen LogP contribution is 2.41. The zero-order chi connectivity index (χ0) is 34.8. The van der Waals surface area contributed by atoms with Crippen LogP contribution in [0.1, 0.15) is 134 Å². The van der Waals surface area contributed by atoms with E-state index >= 15 is 0 Å². The first-order valence-corrected chi connectivity index (χ1v) is 21.2. The summed E-state index contributed by atoms with van der Waals surface area (Å²) in [7, 11) is -0.756. The van der Waals surface area contributed by atoms with Crippen LogP contribution in [0.15, 0.2) is 36.4 Å². The molecule has 0 spiro atoms. The van der Waals surface area contributed by atoms with Gasteiger partial charge in [-0.1, -0.05) is 121 Å². The molecule has 1 fully saturated rings. The molecule has 2 unspecified atom stereocenters. The van der Waals surface area contributed by atoms with E-state index in [0.717, 1.165) is 10.9 Å². The molecule has 0 saturated carbocycles. The molecule has 1 N–H and O–H groups in total. The van der Waals surface area contributed by atoms with Crippen LogP contribution in [0.5, 0.6) is 0 Å². The van der Waals surface area contributed by atoms with E-state index in [0.29, 0.717) is 11.8 Å². The Morgan fingerprint density at radius 2 is 1.28 bits per heavy atom. The summed E-state index contributed by atoms with van der Waals surface area (Å²) >= 11 is 0. The van der Waals surface area contributed by atoms with Crippen molar-refractivity contribution in [2.75, 3.05) is 0 Å². The summed E-state index contributed by atoms with van der Waals surface area (Å²) in [6, 6.07) is 16.7. The SMILES string of the molecule is CCCCC(CC)C[Si]1(CC(CC)CCCC)c2cc([B]OC(C)(C)C(C)(C)O)ccc2-c2ccc(B3OC(C)(C)C(C)(C)O3)cc21. The lowest BCUT2D eigenvalue weighted by Crippen LogP contribution is -2.59. The van der Waals surface area contributed by atoms with Crippen molar-refractivity contribution in [1.29, 1.82) is 0 Å². The Hall–Kier alpha value is -1.37. The number of hydrogen-bond donors (Lipinski definition) is 1. The van der Waals surface area contributed by atoms with Gasteiger partial charge in [-0.15, -0.1) is 0 Å². The monoisotopic (exact) mass is 659 g/mol. The molecule has 0 bridgehead atoms. The Labute approximate surface area is 290 Å². The number of unbranched alkanes of at least 4 members (excludes halogenated alkanes) is 2. The van der Waals surface area contributed by atoms with Gasteiger partial charge in [0.25, 0.3) is 0 Å². The van der Waals surface area contributed by atoms with Crippen molar-refractivity contribution in [3.63, 3.8) is 0 Å². The molecule has 7 heteroatoms. The van der Waals surface area contributed by atoms with Gasteiger partial charge in [-0.25, -0.2) is 0 Å². The smallest absolute Gasteiger partial charge is 0.427 e. The molecule has 2 atom stereocenters. The van der Waals surface area contributed by atoms with E-state index in [2.05, 4.69) is 91.8 Å². The summed E-state index contributed by atoms with van der Waals surface area (Å²) in [4.78, 5) is 0. The average molecular weight is 660 g/mol. The minimum Gasteiger partial charge on any atom is -0.427 e. The van der Waals surface area contributed by atoms with Gasteiger partial charge in [0.15, 0.2) is 0 Å². The molecule has 2 aliphatic rings. The van der Waals surface area contributed by atoms with Crippen LogP contribution in [0, 0.1) is 11.8 Å². The molecule has 1 saturated heterocycles. The molecule has 4 rings (SSSR count). The van der Waals surface area contributed by atoms with E-state index in [4.69, 9.17) is 14.0 Å². The molecular weight excluding hydrogens is 594 g/mol. The van der Waals surface area contributed by atoms with E-state index < -0.39 is 19.3 Å². The summed E-state index contributed by atoms with van der Waals surface area (Å²) < 4.78 is 19.6. The lowest BCUT2D eigenvalue weighted by atomic mass is 9.78. The maximum Gasteiger partial charge on any atom is 0.494 e. The molecule has 2 aliphatic heterocycles. The first-order valence-electron chi connectivity index (χ1n) is 18.8. The fourth-order valence-corrected chi connectivity index (χ4v) is 14.1. The van der Waals surface area contributed by atoms with Gasteiger partial charge in [-0.2, -0.15) is 0 Å². The van der Waals surface area contributed by atoms with Crippen molar-refractivity contribution < 1.29 is 19.1 Å². The lowest BCUT2D eigenvalue weighted by molar-refractivity contribution is -0.0893. The predicted molar refractivity (Wildman–Crippen MR) is 206 cm³/mol. The summed E-state index contributed by atoms with van der Waals surface area (Å²) in [5, 5.41) is 14.0. The van der Waals surface area contributed by atoms with Crippen molar-refractivity contribution in [3.8, 4) is 11.1 Å². The molecule has 4 nitrogen and oxygen atoms in total. The first kappa shape index (κ1) is 38.4. The summed E-state index contributed by atoms with van der Waals surface area (Å²) in [6.07, 6.45) is 10.1. The average Bonchev–Trinajstić information content (AvgIpc) is 3.40. The molecule has 259 valence electrons. The number of fused-ring (bicyclic) bond motifs is 3. The Bertz CT molecular complexity index is 1310. The van der Waals surface area contributed by atoms with Crippen molar-refractivity contribution >= 4 is 44.0 Å². The highest BCUT2D eigenvalue weighted by atomic mass is 28.3. The minimum atomic E-state index is -2.27. The van der Waals surface area contributed by atoms with Gasteiger partial charge in [-0.05, 0) is 106 Å². The van der Waals surface area contributed by atoms with Gasteiger partial charge >= 0.3 is 14.6 Å². The Morgan fingerprint density at radius 3 is 1.74 bits per heavy atom. The van der Waals surface area contributed by atoms with Crippen LogP contribution in [-0.2, 0) is 14.0 Å². The third-order valence-electron chi connectivity index (χ3n) is 12.3. The fourth-order valence-electron chi connectivity index (χ4n) is 7.48. The summed E-state index contributed by atoms with van der Waals surface area (Å²) in [6.45, 7) is 25.6. The van der Waals surface area contributed by atoms with Crippen LogP contribution in [-0.4, -0.2) is 50.2 Å². The largest absolute Gasteiger partial charge is 0.494 e. The van der Waals surface area contributed by atoms with Gasteiger partial charge in [0, 0.05) is 0 Å². The minimum absolute atomic E-state index is 0.369. The van der Waals surface area contributed by atoms with Crippen LogP contribution >= 0.6 is 0 Å². The second kappa shape index (κ2) is 14.9. The lowest BCUT2D eigenvalue weighted by Gasteiger charge is -2.38. The fraction of sp³-hybridized carbons (Fsp3) is 0.700. The molecule has 47 heavy (non-hydrogen) atoms. The van der Waals surface area contributed by atoms with E-state index in [-0.39, 0.29) is 18.3 Å². The highest BCUT2D eigenvalue weighted by Gasteiger charge is 2.53. The Kier molecular flexibility index (Phi) is 12.1. The van der Waals surface area contributed by atoms with Gasteiger partial charge < -0.3 is 19.1 Å². The summed E-state index contributed by atoms with van der Waals surface area (Å²) in [5.41, 5.74) is 2.60. The predicted octanol–water partition coefficient (Wildman–Crippen LogP) is 7.77.